The van der Waals surface area contributed by atoms with Crippen LogP contribution in [0.15, 0.2) is 17.5 Å². The summed E-state index contributed by atoms with van der Waals surface area (Å²) < 4.78 is 1.94. The number of thiophene rings is 1. The summed E-state index contributed by atoms with van der Waals surface area (Å²) in [5.74, 6) is 2.21. The van der Waals surface area contributed by atoms with Gasteiger partial charge in [0.2, 0.25) is 0 Å². The number of aliphatic hydroxyl groups excluding tert-OH is 1. The lowest BCUT2D eigenvalue weighted by atomic mass is 10.0. The van der Waals surface area contributed by atoms with Crippen LogP contribution < -0.4 is 0 Å². The summed E-state index contributed by atoms with van der Waals surface area (Å²) in [5.41, 5.74) is 0. The second-order valence-electron chi connectivity index (χ2n) is 4.10. The van der Waals surface area contributed by atoms with Crippen LogP contribution in [0, 0.1) is 5.92 Å². The zero-order chi connectivity index (χ0) is 11.0. The second kappa shape index (κ2) is 3.99. The van der Waals surface area contributed by atoms with Gasteiger partial charge in [-0.3, -0.25) is 0 Å². The number of hydrogen-bond donors (Lipinski definition) is 1. The Morgan fingerprint density at radius 1 is 1.56 bits per heavy atom. The van der Waals surface area contributed by atoms with Crippen molar-refractivity contribution in [2.75, 3.05) is 6.61 Å². The summed E-state index contributed by atoms with van der Waals surface area (Å²) in [5, 5.41) is 15.7. The summed E-state index contributed by atoms with van der Waals surface area (Å²) >= 11 is 1.66. The van der Waals surface area contributed by atoms with Crippen LogP contribution >= 0.6 is 11.3 Å². The topological polar surface area (TPSA) is 50.9 Å². The predicted molar refractivity (Wildman–Crippen MR) is 62.2 cm³/mol. The van der Waals surface area contributed by atoms with Gasteiger partial charge in [0.05, 0.1) is 4.88 Å². The fourth-order valence-corrected chi connectivity index (χ4v) is 2.69. The van der Waals surface area contributed by atoms with Crippen molar-refractivity contribution in [3.63, 3.8) is 0 Å². The molecule has 1 aliphatic rings. The molecule has 4 nitrogen and oxygen atoms in total. The molecule has 1 unspecified atom stereocenters. The smallest absolute Gasteiger partial charge is 0.191 e. The number of aryl methyl sites for hydroxylation is 1. The van der Waals surface area contributed by atoms with E-state index in [1.165, 1.54) is 0 Å². The van der Waals surface area contributed by atoms with Crippen molar-refractivity contribution in [3.8, 4) is 10.7 Å². The molecule has 0 amide bonds. The molecule has 0 bridgehead atoms. The van der Waals surface area contributed by atoms with Crippen LogP contribution in [0.1, 0.15) is 12.2 Å². The van der Waals surface area contributed by atoms with Crippen LogP contribution in [0.2, 0.25) is 0 Å². The van der Waals surface area contributed by atoms with E-state index in [1.54, 1.807) is 11.3 Å². The molecule has 2 aromatic rings. The maximum atomic E-state index is 9.15. The van der Waals surface area contributed by atoms with Gasteiger partial charge in [0, 0.05) is 25.5 Å². The Bertz CT molecular complexity index is 477. The molecular formula is C11H13N3OS. The monoisotopic (exact) mass is 235 g/mol. The van der Waals surface area contributed by atoms with E-state index in [0.29, 0.717) is 5.92 Å². The molecule has 0 saturated heterocycles. The normalized spacial score (nSPS) is 19.7. The molecule has 16 heavy (non-hydrogen) atoms. The maximum Gasteiger partial charge on any atom is 0.191 e. The van der Waals surface area contributed by atoms with E-state index >= 15 is 0 Å². The van der Waals surface area contributed by atoms with Gasteiger partial charge in [0.15, 0.2) is 5.82 Å². The molecule has 1 atom stereocenters. The Morgan fingerprint density at radius 3 is 3.25 bits per heavy atom. The SMILES string of the molecule is OCC1CCc2nc(-c3cccs3)nn2C1. The third-order valence-electron chi connectivity index (χ3n) is 2.96. The molecule has 0 radical (unpaired) electrons. The van der Waals surface area contributed by atoms with Crippen molar-refractivity contribution < 1.29 is 5.11 Å². The molecular weight excluding hydrogens is 222 g/mol. The summed E-state index contributed by atoms with van der Waals surface area (Å²) in [4.78, 5) is 5.66. The Balaban J connectivity index is 1.92. The van der Waals surface area contributed by atoms with E-state index in [0.717, 1.165) is 35.9 Å². The Morgan fingerprint density at radius 2 is 2.50 bits per heavy atom. The first-order chi connectivity index (χ1) is 7.86. The van der Waals surface area contributed by atoms with Gasteiger partial charge in [0.25, 0.3) is 0 Å². The quantitative estimate of drug-likeness (QED) is 0.859. The average molecular weight is 235 g/mol. The molecule has 5 heteroatoms. The van der Waals surface area contributed by atoms with Gasteiger partial charge in [-0.05, 0) is 17.9 Å². The van der Waals surface area contributed by atoms with E-state index in [1.807, 2.05) is 22.2 Å². The third-order valence-corrected chi connectivity index (χ3v) is 3.82. The van der Waals surface area contributed by atoms with Gasteiger partial charge in [-0.25, -0.2) is 9.67 Å². The second-order valence-corrected chi connectivity index (χ2v) is 5.05. The highest BCUT2D eigenvalue weighted by molar-refractivity contribution is 7.13. The minimum atomic E-state index is 0.244. The van der Waals surface area contributed by atoms with Crippen LogP contribution in [0.3, 0.4) is 0 Å². The molecule has 1 N–H and O–H groups in total. The van der Waals surface area contributed by atoms with Crippen molar-refractivity contribution in [2.45, 2.75) is 19.4 Å². The van der Waals surface area contributed by atoms with Crippen molar-refractivity contribution >= 4 is 11.3 Å². The van der Waals surface area contributed by atoms with Gasteiger partial charge >= 0.3 is 0 Å². The molecule has 3 rings (SSSR count). The van der Waals surface area contributed by atoms with Crippen LogP contribution in [0.25, 0.3) is 10.7 Å². The number of aliphatic hydroxyl groups is 1. The maximum absolute atomic E-state index is 9.15. The molecule has 0 spiro atoms. The van der Waals surface area contributed by atoms with Gasteiger partial charge in [-0.1, -0.05) is 6.07 Å². The zero-order valence-corrected chi connectivity index (χ0v) is 9.65. The van der Waals surface area contributed by atoms with E-state index in [-0.39, 0.29) is 6.61 Å². The highest BCUT2D eigenvalue weighted by atomic mass is 32.1. The minimum absolute atomic E-state index is 0.244. The third kappa shape index (κ3) is 1.66. The first-order valence-corrected chi connectivity index (χ1v) is 6.33. The average Bonchev–Trinajstić information content (AvgIpc) is 2.96. The Hall–Kier alpha value is -1.20. The molecule has 3 heterocycles. The van der Waals surface area contributed by atoms with Crippen LogP contribution in [0.4, 0.5) is 0 Å². The number of aromatic nitrogens is 3. The lowest BCUT2D eigenvalue weighted by molar-refractivity contribution is 0.185. The van der Waals surface area contributed by atoms with Crippen molar-refractivity contribution in [3.05, 3.63) is 23.3 Å². The van der Waals surface area contributed by atoms with Crippen molar-refractivity contribution in [1.29, 1.82) is 0 Å². The van der Waals surface area contributed by atoms with Gasteiger partial charge < -0.3 is 5.11 Å². The number of hydrogen-bond acceptors (Lipinski definition) is 4. The molecule has 0 aliphatic carbocycles. The molecule has 2 aromatic heterocycles. The fraction of sp³-hybridized carbons (Fsp3) is 0.455. The summed E-state index contributed by atoms with van der Waals surface area (Å²) in [6, 6.07) is 4.05. The van der Waals surface area contributed by atoms with E-state index in [4.69, 9.17) is 5.11 Å². The fourth-order valence-electron chi connectivity index (χ4n) is 2.03. The summed E-state index contributed by atoms with van der Waals surface area (Å²) in [6.07, 6.45) is 1.93. The highest BCUT2D eigenvalue weighted by Crippen LogP contribution is 2.24. The van der Waals surface area contributed by atoms with E-state index in [9.17, 15) is 0 Å². The van der Waals surface area contributed by atoms with Crippen LogP contribution in [0.5, 0.6) is 0 Å². The highest BCUT2D eigenvalue weighted by Gasteiger charge is 2.21. The van der Waals surface area contributed by atoms with Gasteiger partial charge in [-0.15, -0.1) is 16.4 Å². The number of rotatable bonds is 2. The van der Waals surface area contributed by atoms with Crippen molar-refractivity contribution in [2.24, 2.45) is 5.92 Å². The van der Waals surface area contributed by atoms with Crippen LogP contribution in [-0.2, 0) is 13.0 Å². The van der Waals surface area contributed by atoms with Gasteiger partial charge in [-0.2, -0.15) is 0 Å². The summed E-state index contributed by atoms with van der Waals surface area (Å²) in [7, 11) is 0. The molecule has 0 fully saturated rings. The van der Waals surface area contributed by atoms with Crippen LogP contribution in [-0.4, -0.2) is 26.5 Å². The zero-order valence-electron chi connectivity index (χ0n) is 8.83. The standard InChI is InChI=1S/C11H13N3OS/c15-7-8-3-4-10-12-11(13-14(10)6-8)9-2-1-5-16-9/h1-2,5,8,15H,3-4,6-7H2. The van der Waals surface area contributed by atoms with Crippen molar-refractivity contribution in [1.82, 2.24) is 14.8 Å². The molecule has 0 aromatic carbocycles. The lowest BCUT2D eigenvalue weighted by Gasteiger charge is -2.19. The Kier molecular flexibility index (Phi) is 2.49. The number of nitrogens with zero attached hydrogens (tertiary/aromatic N) is 3. The van der Waals surface area contributed by atoms with Gasteiger partial charge in [0.1, 0.15) is 5.82 Å². The Labute approximate surface area is 97.6 Å². The number of fused-ring (bicyclic) bond motifs is 1. The molecule has 0 saturated carbocycles. The van der Waals surface area contributed by atoms with E-state index in [2.05, 4.69) is 10.1 Å². The first kappa shape index (κ1) is 9.99. The first-order valence-electron chi connectivity index (χ1n) is 5.45. The molecule has 84 valence electrons. The minimum Gasteiger partial charge on any atom is -0.396 e. The summed E-state index contributed by atoms with van der Waals surface area (Å²) in [6.45, 7) is 1.04. The van der Waals surface area contributed by atoms with E-state index < -0.39 is 0 Å². The molecule has 1 aliphatic heterocycles. The lowest BCUT2D eigenvalue weighted by Crippen LogP contribution is -2.23. The largest absolute Gasteiger partial charge is 0.396 e. The predicted octanol–water partition coefficient (Wildman–Crippen LogP) is 1.56.